The van der Waals surface area contributed by atoms with Gasteiger partial charge in [-0.25, -0.2) is 4.99 Å². The molecule has 1 aliphatic rings. The fraction of sp³-hybridized carbons (Fsp3) is 0.370. The minimum absolute atomic E-state index is 0.235. The maximum atomic E-state index is 10.6. The number of nitrogens with zero attached hydrogens (tertiary/aromatic N) is 2. The number of hydrogen-bond donors (Lipinski definition) is 4. The summed E-state index contributed by atoms with van der Waals surface area (Å²) in [5.74, 6) is 0.505. The fourth-order valence-electron chi connectivity index (χ4n) is 3.70. The Bertz CT molecular complexity index is 971. The molecule has 0 unspecified atom stereocenters. The Hall–Kier alpha value is -2.96. The molecular formula is C27H38ClN5O. The minimum Gasteiger partial charge on any atom is -0.402 e. The molecule has 0 saturated carbocycles. The molecule has 0 atom stereocenters. The monoisotopic (exact) mass is 483 g/mol. The molecule has 1 fully saturated rings. The van der Waals surface area contributed by atoms with Crippen molar-refractivity contribution in [3.63, 3.8) is 0 Å². The van der Waals surface area contributed by atoms with Crippen LogP contribution in [0.3, 0.4) is 0 Å². The first kappa shape index (κ1) is 27.3. The van der Waals surface area contributed by atoms with E-state index in [1.165, 1.54) is 0 Å². The number of hydrogen-bond acceptors (Lipinski definition) is 6. The van der Waals surface area contributed by atoms with Gasteiger partial charge in [0.15, 0.2) is 0 Å². The molecular weight excluding hydrogens is 446 g/mol. The van der Waals surface area contributed by atoms with Crippen LogP contribution >= 0.6 is 11.6 Å². The average molecular weight is 484 g/mol. The van der Waals surface area contributed by atoms with Crippen LogP contribution in [0.15, 0.2) is 89.6 Å². The molecule has 184 valence electrons. The highest BCUT2D eigenvalue weighted by Gasteiger charge is 2.23. The van der Waals surface area contributed by atoms with E-state index in [-0.39, 0.29) is 6.04 Å². The predicted molar refractivity (Wildman–Crippen MR) is 144 cm³/mol. The van der Waals surface area contributed by atoms with Crippen LogP contribution in [-0.4, -0.2) is 40.5 Å². The first-order valence-corrected chi connectivity index (χ1v) is 11.8. The molecule has 0 aliphatic carbocycles. The number of nitrogens with two attached hydrogens (primary N) is 2. The van der Waals surface area contributed by atoms with Crippen LogP contribution in [-0.2, 0) is 6.42 Å². The third-order valence-electron chi connectivity index (χ3n) is 5.42. The number of allylic oxidation sites excluding steroid dienone is 5. The van der Waals surface area contributed by atoms with Crippen LogP contribution in [0, 0.1) is 0 Å². The molecule has 34 heavy (non-hydrogen) atoms. The second-order valence-electron chi connectivity index (χ2n) is 9.15. The maximum Gasteiger partial charge on any atom is 0.119 e. The molecule has 6 N–H and O–H groups in total. The second kappa shape index (κ2) is 12.5. The zero-order valence-electron chi connectivity index (χ0n) is 20.5. The Morgan fingerprint density at radius 2 is 1.85 bits per heavy atom. The molecule has 7 heteroatoms. The number of benzene rings is 1. The van der Waals surface area contributed by atoms with Gasteiger partial charge in [-0.3, -0.25) is 0 Å². The van der Waals surface area contributed by atoms with Crippen molar-refractivity contribution in [3.8, 4) is 0 Å². The van der Waals surface area contributed by atoms with Gasteiger partial charge in [-0.05, 0) is 69.5 Å². The molecule has 1 heterocycles. The number of piperidine rings is 1. The highest BCUT2D eigenvalue weighted by atomic mass is 35.5. The third-order valence-corrected chi connectivity index (χ3v) is 5.67. The zero-order valence-corrected chi connectivity index (χ0v) is 21.3. The Morgan fingerprint density at radius 1 is 1.24 bits per heavy atom. The van der Waals surface area contributed by atoms with Gasteiger partial charge in [-0.1, -0.05) is 43.0 Å². The topological polar surface area (TPSA) is 99.9 Å². The summed E-state index contributed by atoms with van der Waals surface area (Å²) >= 11 is 5.96. The minimum atomic E-state index is -1.17. The highest BCUT2D eigenvalue weighted by Crippen LogP contribution is 2.19. The molecule has 0 aromatic heterocycles. The number of halogens is 1. The van der Waals surface area contributed by atoms with E-state index in [0.717, 1.165) is 42.9 Å². The van der Waals surface area contributed by atoms with Crippen LogP contribution < -0.4 is 16.8 Å². The van der Waals surface area contributed by atoms with Crippen LogP contribution in [0.2, 0.25) is 5.02 Å². The number of likely N-dealkylation sites (tertiary alicyclic amines) is 1. The number of rotatable bonds is 10. The molecule has 0 bridgehead atoms. The van der Waals surface area contributed by atoms with Crippen molar-refractivity contribution < 1.29 is 5.11 Å². The van der Waals surface area contributed by atoms with Gasteiger partial charge in [-0.15, -0.1) is 0 Å². The van der Waals surface area contributed by atoms with Crippen molar-refractivity contribution in [1.82, 2.24) is 10.2 Å². The van der Waals surface area contributed by atoms with Crippen molar-refractivity contribution in [2.75, 3.05) is 13.1 Å². The SMILES string of the molecule is C=C/C=C(\C=C(\C)N)N1CCC(NC(=C)/N=C(\C=C(/N)Cc2ccc(Cl)cc2)C(C)(C)O)CC1. The van der Waals surface area contributed by atoms with Crippen molar-refractivity contribution in [1.29, 1.82) is 0 Å². The van der Waals surface area contributed by atoms with Gasteiger partial charge in [0.2, 0.25) is 0 Å². The maximum absolute atomic E-state index is 10.6. The molecule has 1 aromatic carbocycles. The van der Waals surface area contributed by atoms with Crippen LogP contribution in [0.1, 0.15) is 39.2 Å². The van der Waals surface area contributed by atoms with Crippen LogP contribution in [0.4, 0.5) is 0 Å². The van der Waals surface area contributed by atoms with E-state index in [4.69, 9.17) is 23.1 Å². The predicted octanol–water partition coefficient (Wildman–Crippen LogP) is 4.39. The van der Waals surface area contributed by atoms with Crippen LogP contribution in [0.25, 0.3) is 0 Å². The lowest BCUT2D eigenvalue weighted by molar-refractivity contribution is 0.154. The van der Waals surface area contributed by atoms with E-state index in [0.29, 0.717) is 28.7 Å². The third kappa shape index (κ3) is 9.12. The summed E-state index contributed by atoms with van der Waals surface area (Å²) in [5.41, 5.74) is 14.9. The van der Waals surface area contributed by atoms with E-state index >= 15 is 0 Å². The lowest BCUT2D eigenvalue weighted by Crippen LogP contribution is -2.41. The lowest BCUT2D eigenvalue weighted by Gasteiger charge is -2.35. The van der Waals surface area contributed by atoms with E-state index < -0.39 is 5.60 Å². The standard InChI is InChI=1S/C27H38ClN5O/c1-6-7-25(16-19(2)29)33-14-12-24(13-15-33)31-20(3)32-26(27(4,5)34)18-23(30)17-21-8-10-22(28)11-9-21/h6-11,16,18,24,31,34H,1,3,12-15,17,29-30H2,2,4-5H3/b19-16-,23-18-,25-7+,32-26+. The van der Waals surface area contributed by atoms with Crippen molar-refractivity contribution in [2.45, 2.75) is 51.7 Å². The summed E-state index contributed by atoms with van der Waals surface area (Å²) in [6.45, 7) is 14.9. The van der Waals surface area contributed by atoms with Gasteiger partial charge in [0.05, 0.1) is 5.71 Å². The van der Waals surface area contributed by atoms with E-state index in [1.54, 1.807) is 26.0 Å². The van der Waals surface area contributed by atoms with Gasteiger partial charge >= 0.3 is 0 Å². The number of aliphatic hydroxyl groups is 1. The fourth-order valence-corrected chi connectivity index (χ4v) is 3.83. The Morgan fingerprint density at radius 3 is 2.38 bits per heavy atom. The van der Waals surface area contributed by atoms with Crippen molar-refractivity contribution in [2.24, 2.45) is 16.5 Å². The normalized spacial score (nSPS) is 17.0. The van der Waals surface area contributed by atoms with E-state index in [9.17, 15) is 5.11 Å². The smallest absolute Gasteiger partial charge is 0.119 e. The van der Waals surface area contributed by atoms with Gasteiger partial charge < -0.3 is 26.8 Å². The van der Waals surface area contributed by atoms with E-state index in [2.05, 4.69) is 28.4 Å². The summed E-state index contributed by atoms with van der Waals surface area (Å²) in [6.07, 6.45) is 9.82. The van der Waals surface area contributed by atoms with Crippen LogP contribution in [0.5, 0.6) is 0 Å². The molecule has 1 saturated heterocycles. The second-order valence-corrected chi connectivity index (χ2v) is 9.58. The van der Waals surface area contributed by atoms with Gasteiger partial charge in [0.1, 0.15) is 11.4 Å². The molecule has 1 aromatic rings. The first-order chi connectivity index (χ1) is 16.0. The average Bonchev–Trinajstić information content (AvgIpc) is 2.74. The van der Waals surface area contributed by atoms with Crippen molar-refractivity contribution >= 4 is 17.3 Å². The largest absolute Gasteiger partial charge is 0.402 e. The van der Waals surface area contributed by atoms with Gasteiger partial charge in [0, 0.05) is 47.7 Å². The molecule has 0 amide bonds. The molecule has 0 spiro atoms. The zero-order chi connectivity index (χ0) is 25.3. The summed E-state index contributed by atoms with van der Waals surface area (Å²) in [7, 11) is 0. The molecule has 6 nitrogen and oxygen atoms in total. The van der Waals surface area contributed by atoms with E-state index in [1.807, 2.05) is 43.3 Å². The molecule has 0 radical (unpaired) electrons. The van der Waals surface area contributed by atoms with Gasteiger partial charge in [0.25, 0.3) is 0 Å². The number of aliphatic imine (C=N–C) groups is 1. The quantitative estimate of drug-likeness (QED) is 0.292. The summed E-state index contributed by atoms with van der Waals surface area (Å²) in [5, 5.41) is 14.7. The Kier molecular flexibility index (Phi) is 10.0. The molecule has 2 rings (SSSR count). The first-order valence-electron chi connectivity index (χ1n) is 11.5. The number of nitrogens with one attached hydrogen (secondary N) is 1. The summed E-state index contributed by atoms with van der Waals surface area (Å²) in [6, 6.07) is 7.75. The Labute approximate surface area is 209 Å². The summed E-state index contributed by atoms with van der Waals surface area (Å²) in [4.78, 5) is 6.88. The Balaban J connectivity index is 2.04. The lowest BCUT2D eigenvalue weighted by atomic mass is 10.00. The summed E-state index contributed by atoms with van der Waals surface area (Å²) < 4.78 is 0. The van der Waals surface area contributed by atoms with Gasteiger partial charge in [-0.2, -0.15) is 0 Å². The van der Waals surface area contributed by atoms with Crippen molar-refractivity contribution in [3.05, 3.63) is 95.2 Å². The highest BCUT2D eigenvalue weighted by molar-refractivity contribution is 6.30. The molecule has 1 aliphatic heterocycles.